The predicted molar refractivity (Wildman–Crippen MR) is 29.9 cm³/mol. The number of hydrogen-bond acceptors (Lipinski definition) is 3. The number of nitrogens with two attached hydrogens (primary N) is 1. The molecule has 1 amide bonds. The molecule has 0 heterocycles. The van der Waals surface area contributed by atoms with E-state index in [-0.39, 0.29) is 18.9 Å². The van der Waals surface area contributed by atoms with Gasteiger partial charge in [0.05, 0.1) is 0 Å². The zero-order valence-electron chi connectivity index (χ0n) is 3.64. The third-order valence-electron chi connectivity index (χ3n) is 0.209. The van der Waals surface area contributed by atoms with Crippen molar-refractivity contribution in [3.63, 3.8) is 0 Å². The molecule has 0 spiro atoms. The molecule has 9 heavy (non-hydrogen) atoms. The summed E-state index contributed by atoms with van der Waals surface area (Å²) in [6.45, 7) is 0. The van der Waals surface area contributed by atoms with E-state index < -0.39 is 13.9 Å². The van der Waals surface area contributed by atoms with Crippen LogP contribution in [0.4, 0.5) is 4.79 Å². The van der Waals surface area contributed by atoms with E-state index in [1.165, 1.54) is 0 Å². The van der Waals surface area contributed by atoms with E-state index in [1.54, 1.807) is 0 Å². The van der Waals surface area contributed by atoms with Crippen molar-refractivity contribution in [2.24, 2.45) is 5.73 Å². The molecule has 0 radical (unpaired) electrons. The van der Waals surface area contributed by atoms with Crippen LogP contribution in [-0.4, -0.2) is 34.7 Å². The number of hydrogen-bond donors (Lipinski definition) is 3. The number of carbonyl (C=O) groups is 1. The van der Waals surface area contributed by atoms with Gasteiger partial charge in [-0.15, -0.1) is 0 Å². The Bertz CT molecular complexity index is 140. The van der Waals surface area contributed by atoms with Crippen molar-refractivity contribution in [2.75, 3.05) is 0 Å². The minimum atomic E-state index is -4.70. The molecule has 8 heteroatoms. The molecule has 0 aromatic rings. The Morgan fingerprint density at radius 3 is 1.89 bits per heavy atom. The van der Waals surface area contributed by atoms with Gasteiger partial charge in [-0.05, 0) is 0 Å². The molecular weight excluding hydrogens is 144 g/mol. The van der Waals surface area contributed by atoms with Crippen molar-refractivity contribution in [1.82, 2.24) is 0 Å². The maximum atomic E-state index is 9.61. The number of phosphoric acid groups is 1. The molecule has 0 aromatic heterocycles. The maximum absolute atomic E-state index is 9.61. The SMILES string of the molecule is NC(=O)OP(=O)(O)O.[LiH]. The van der Waals surface area contributed by atoms with Crippen molar-refractivity contribution >= 4 is 32.8 Å². The molecule has 6 nitrogen and oxygen atoms in total. The molecule has 0 bridgehead atoms. The molecule has 0 fully saturated rings. The summed E-state index contributed by atoms with van der Waals surface area (Å²) in [6.07, 6.45) is -1.49. The summed E-state index contributed by atoms with van der Waals surface area (Å²) in [4.78, 5) is 25.1. The van der Waals surface area contributed by atoms with Crippen molar-refractivity contribution < 1.29 is 23.7 Å². The standard InChI is InChI=1S/CH4NO5P.Li.H/c2-1(3)7-8(4,5)6;;/h(H2,2,3)(H2,4,5,6);;. The molecule has 0 aromatic carbocycles. The first-order valence-corrected chi connectivity index (χ1v) is 2.99. The van der Waals surface area contributed by atoms with Crippen LogP contribution in [0.25, 0.3) is 0 Å². The number of carbonyl (C=O) groups excluding carboxylic acids is 1. The fraction of sp³-hybridized carbons (Fsp3) is 0. The van der Waals surface area contributed by atoms with Gasteiger partial charge in [0.1, 0.15) is 0 Å². The molecule has 4 N–H and O–H groups in total. The quantitative estimate of drug-likeness (QED) is 0.311. The number of phosphoric ester groups is 1. The summed E-state index contributed by atoms with van der Waals surface area (Å²) < 4.78 is 12.9. The predicted octanol–water partition coefficient (Wildman–Crippen LogP) is -1.47. The van der Waals surface area contributed by atoms with E-state index in [4.69, 9.17) is 9.79 Å². The Kier molecular flexibility index (Phi) is 5.15. The Hall–Kier alpha value is 0.0174. The zero-order chi connectivity index (χ0) is 6.78. The minimum absolute atomic E-state index is 0. The molecule has 0 saturated carbocycles. The van der Waals surface area contributed by atoms with Crippen LogP contribution < -0.4 is 5.73 Å². The van der Waals surface area contributed by atoms with Gasteiger partial charge in [-0.3, -0.25) is 9.79 Å². The van der Waals surface area contributed by atoms with E-state index >= 15 is 0 Å². The van der Waals surface area contributed by atoms with Crippen LogP contribution in [0.1, 0.15) is 0 Å². The molecule has 0 aliphatic heterocycles. The Labute approximate surface area is 62.8 Å². The van der Waals surface area contributed by atoms with Gasteiger partial charge < -0.3 is 10.3 Å². The van der Waals surface area contributed by atoms with E-state index in [1.807, 2.05) is 0 Å². The van der Waals surface area contributed by atoms with Gasteiger partial charge in [-0.25, -0.2) is 9.36 Å². The molecule has 0 saturated heterocycles. The fourth-order valence-corrected chi connectivity index (χ4v) is 0.352. The van der Waals surface area contributed by atoms with Crippen LogP contribution in [-0.2, 0) is 9.09 Å². The van der Waals surface area contributed by atoms with E-state index in [0.29, 0.717) is 0 Å². The second kappa shape index (κ2) is 3.93. The van der Waals surface area contributed by atoms with Crippen LogP contribution in [0.2, 0.25) is 0 Å². The zero-order valence-corrected chi connectivity index (χ0v) is 4.54. The van der Waals surface area contributed by atoms with Crippen LogP contribution in [0.3, 0.4) is 0 Å². The van der Waals surface area contributed by atoms with E-state index in [2.05, 4.69) is 10.3 Å². The van der Waals surface area contributed by atoms with Crippen LogP contribution >= 0.6 is 7.82 Å². The average molecular weight is 149 g/mol. The summed E-state index contributed by atoms with van der Waals surface area (Å²) in [7, 11) is -4.70. The van der Waals surface area contributed by atoms with Gasteiger partial charge in [-0.2, -0.15) is 0 Å². The topological polar surface area (TPSA) is 110 Å². The molecule has 0 aliphatic carbocycles. The average Bonchev–Trinajstić information content (AvgIpc) is 1.21. The molecule has 0 atom stereocenters. The van der Waals surface area contributed by atoms with Crippen LogP contribution in [0, 0.1) is 0 Å². The molecular formula is CH5LiNO5P. The van der Waals surface area contributed by atoms with Crippen molar-refractivity contribution in [2.45, 2.75) is 0 Å². The van der Waals surface area contributed by atoms with Crippen molar-refractivity contribution in [3.8, 4) is 0 Å². The van der Waals surface area contributed by atoms with Gasteiger partial charge >= 0.3 is 32.8 Å². The first-order valence-electron chi connectivity index (χ1n) is 1.46. The first-order chi connectivity index (χ1) is 3.42. The molecule has 0 rings (SSSR count). The summed E-state index contributed by atoms with van der Waals surface area (Å²) in [5.74, 6) is 0. The van der Waals surface area contributed by atoms with Gasteiger partial charge in [0.15, 0.2) is 0 Å². The monoisotopic (exact) mass is 149 g/mol. The second-order valence-corrected chi connectivity index (χ2v) is 2.06. The number of amides is 1. The van der Waals surface area contributed by atoms with Crippen LogP contribution in [0.5, 0.6) is 0 Å². The van der Waals surface area contributed by atoms with Gasteiger partial charge in [0.2, 0.25) is 0 Å². The van der Waals surface area contributed by atoms with Gasteiger partial charge in [0, 0.05) is 0 Å². The summed E-state index contributed by atoms with van der Waals surface area (Å²) in [5.41, 5.74) is 4.23. The summed E-state index contributed by atoms with van der Waals surface area (Å²) >= 11 is 0. The molecule has 50 valence electrons. The molecule has 0 aliphatic rings. The first kappa shape index (κ1) is 11.8. The number of primary amides is 1. The van der Waals surface area contributed by atoms with Gasteiger partial charge in [-0.1, -0.05) is 0 Å². The summed E-state index contributed by atoms with van der Waals surface area (Å²) in [5, 5.41) is 0. The fourth-order valence-electron chi connectivity index (χ4n) is 0.117. The Morgan fingerprint density at radius 1 is 1.56 bits per heavy atom. The summed E-state index contributed by atoms with van der Waals surface area (Å²) in [6, 6.07) is 0. The van der Waals surface area contributed by atoms with Crippen molar-refractivity contribution in [3.05, 3.63) is 0 Å². The third kappa shape index (κ3) is 11.5. The number of rotatable bonds is 1. The third-order valence-corrected chi connectivity index (χ3v) is 0.627. The Morgan fingerprint density at radius 2 is 1.89 bits per heavy atom. The normalized spacial score (nSPS) is 9.56. The van der Waals surface area contributed by atoms with E-state index in [0.717, 1.165) is 0 Å². The Balaban J connectivity index is 0. The molecule has 0 unspecified atom stereocenters. The van der Waals surface area contributed by atoms with Crippen LogP contribution in [0.15, 0.2) is 0 Å². The van der Waals surface area contributed by atoms with E-state index in [9.17, 15) is 9.36 Å². The van der Waals surface area contributed by atoms with Gasteiger partial charge in [0.25, 0.3) is 0 Å². The second-order valence-electron chi connectivity index (χ2n) is 0.901. The van der Waals surface area contributed by atoms with Crippen molar-refractivity contribution in [1.29, 1.82) is 0 Å².